The summed E-state index contributed by atoms with van der Waals surface area (Å²) in [5.74, 6) is -0.207. The molecule has 1 aliphatic rings. The van der Waals surface area contributed by atoms with E-state index in [1.165, 1.54) is 15.3 Å². The van der Waals surface area contributed by atoms with E-state index in [1.54, 1.807) is 39.3 Å². The number of hydrogen-bond donors (Lipinski definition) is 1. The topological polar surface area (TPSA) is 69.7 Å². The maximum absolute atomic E-state index is 12.8. The summed E-state index contributed by atoms with van der Waals surface area (Å²) in [6.07, 6.45) is 1.60. The first-order valence-corrected chi connectivity index (χ1v) is 8.78. The molecule has 6 nitrogen and oxygen atoms in total. The van der Waals surface area contributed by atoms with Gasteiger partial charge in [-0.3, -0.25) is 4.79 Å². The molecule has 1 heterocycles. The number of carbonyl (C=O) groups is 1. The van der Waals surface area contributed by atoms with Crippen molar-refractivity contribution in [2.45, 2.75) is 23.8 Å². The summed E-state index contributed by atoms with van der Waals surface area (Å²) in [5.41, 5.74) is 0.379. The molecule has 1 aliphatic heterocycles. The van der Waals surface area contributed by atoms with Crippen LogP contribution < -0.4 is 5.32 Å². The van der Waals surface area contributed by atoms with Crippen molar-refractivity contribution < 1.29 is 13.2 Å². The largest absolute Gasteiger partial charge is 0.345 e. The van der Waals surface area contributed by atoms with Crippen LogP contribution in [0.4, 0.5) is 0 Å². The summed E-state index contributed by atoms with van der Waals surface area (Å²) in [7, 11) is 1.32. The second kappa shape index (κ2) is 6.76. The molecule has 0 radical (unpaired) electrons. The van der Waals surface area contributed by atoms with Gasteiger partial charge in [-0.1, -0.05) is 6.07 Å². The summed E-state index contributed by atoms with van der Waals surface area (Å²) < 4.78 is 27.0. The van der Waals surface area contributed by atoms with Crippen molar-refractivity contribution in [3.8, 4) is 0 Å². The van der Waals surface area contributed by atoms with E-state index in [0.717, 1.165) is 25.9 Å². The molecule has 122 valence electrons. The number of carbonyl (C=O) groups excluding carboxylic acids is 1. The minimum absolute atomic E-state index is 0.000503. The molecule has 0 spiro atoms. The Labute approximate surface area is 132 Å². The van der Waals surface area contributed by atoms with Gasteiger partial charge in [-0.2, -0.15) is 4.31 Å². The Kier molecular flexibility index (Phi) is 5.20. The molecule has 1 fully saturated rings. The van der Waals surface area contributed by atoms with Crippen molar-refractivity contribution in [2.75, 3.05) is 34.2 Å². The standard InChI is InChI=1S/C15H23N3O3S/c1-17(2)15(19)12-5-4-6-14(11-12)22(20,21)18(3)13-7-9-16-10-8-13/h4-6,11,13,16H,7-10H2,1-3H3. The first-order valence-electron chi connectivity index (χ1n) is 7.34. The molecule has 0 atom stereocenters. The predicted octanol–water partition coefficient (Wildman–Crippen LogP) is 0.761. The van der Waals surface area contributed by atoms with Crippen LogP contribution >= 0.6 is 0 Å². The second-order valence-electron chi connectivity index (χ2n) is 5.73. The molecular weight excluding hydrogens is 302 g/mol. The molecule has 1 saturated heterocycles. The summed E-state index contributed by atoms with van der Waals surface area (Å²) >= 11 is 0. The third kappa shape index (κ3) is 3.48. The zero-order valence-electron chi connectivity index (χ0n) is 13.2. The molecule has 1 aromatic carbocycles. The van der Waals surface area contributed by atoms with E-state index in [-0.39, 0.29) is 16.8 Å². The fourth-order valence-corrected chi connectivity index (χ4v) is 4.04. The first kappa shape index (κ1) is 16.9. The van der Waals surface area contributed by atoms with Crippen LogP contribution in [0.25, 0.3) is 0 Å². The zero-order valence-corrected chi connectivity index (χ0v) is 14.1. The van der Waals surface area contributed by atoms with E-state index < -0.39 is 10.0 Å². The van der Waals surface area contributed by atoms with E-state index in [9.17, 15) is 13.2 Å². The third-order valence-corrected chi connectivity index (χ3v) is 5.89. The third-order valence-electron chi connectivity index (χ3n) is 3.99. The summed E-state index contributed by atoms with van der Waals surface area (Å²) in [6.45, 7) is 1.65. The highest BCUT2D eigenvalue weighted by Gasteiger charge is 2.29. The number of piperidine rings is 1. The van der Waals surface area contributed by atoms with Crippen molar-refractivity contribution in [1.29, 1.82) is 0 Å². The van der Waals surface area contributed by atoms with Gasteiger partial charge in [0.1, 0.15) is 0 Å². The molecule has 0 aromatic heterocycles. The maximum atomic E-state index is 12.8. The van der Waals surface area contributed by atoms with Gasteiger partial charge in [0.2, 0.25) is 10.0 Å². The molecule has 0 unspecified atom stereocenters. The van der Waals surface area contributed by atoms with E-state index in [0.29, 0.717) is 5.56 Å². The summed E-state index contributed by atoms with van der Waals surface area (Å²) in [4.78, 5) is 13.6. The fraction of sp³-hybridized carbons (Fsp3) is 0.533. The highest BCUT2D eigenvalue weighted by Crippen LogP contribution is 2.21. The quantitative estimate of drug-likeness (QED) is 0.887. The van der Waals surface area contributed by atoms with E-state index in [2.05, 4.69) is 5.32 Å². The number of sulfonamides is 1. The molecule has 0 aliphatic carbocycles. The van der Waals surface area contributed by atoms with Gasteiger partial charge in [0, 0.05) is 32.7 Å². The predicted molar refractivity (Wildman–Crippen MR) is 85.3 cm³/mol. The lowest BCUT2D eigenvalue weighted by molar-refractivity contribution is 0.0827. The Morgan fingerprint density at radius 3 is 2.41 bits per heavy atom. The monoisotopic (exact) mass is 325 g/mol. The van der Waals surface area contributed by atoms with Crippen molar-refractivity contribution in [3.63, 3.8) is 0 Å². The maximum Gasteiger partial charge on any atom is 0.253 e. The van der Waals surface area contributed by atoms with Crippen LogP contribution in [0.2, 0.25) is 0 Å². The van der Waals surface area contributed by atoms with Crippen LogP contribution in [0.5, 0.6) is 0 Å². The number of rotatable bonds is 4. The number of hydrogen-bond acceptors (Lipinski definition) is 4. The van der Waals surface area contributed by atoms with Gasteiger partial charge in [0.25, 0.3) is 5.91 Å². The van der Waals surface area contributed by atoms with Gasteiger partial charge in [0.05, 0.1) is 4.90 Å². The lowest BCUT2D eigenvalue weighted by Crippen LogP contribution is -2.43. The Balaban J connectivity index is 2.29. The first-order chi connectivity index (χ1) is 10.3. The fourth-order valence-electron chi connectivity index (χ4n) is 2.58. The highest BCUT2D eigenvalue weighted by atomic mass is 32.2. The molecule has 2 rings (SSSR count). The minimum atomic E-state index is -3.59. The number of nitrogens with zero attached hydrogens (tertiary/aromatic N) is 2. The van der Waals surface area contributed by atoms with E-state index >= 15 is 0 Å². The average Bonchev–Trinajstić information content (AvgIpc) is 2.54. The SMILES string of the molecule is CN(C)C(=O)c1cccc(S(=O)(=O)N(C)C2CCNCC2)c1. The van der Waals surface area contributed by atoms with Gasteiger partial charge in [0.15, 0.2) is 0 Å². The van der Waals surface area contributed by atoms with Gasteiger partial charge in [-0.05, 0) is 44.1 Å². The number of amides is 1. The van der Waals surface area contributed by atoms with Crippen LogP contribution in [0.3, 0.4) is 0 Å². The summed E-state index contributed by atoms with van der Waals surface area (Å²) in [6, 6.07) is 6.24. The van der Waals surface area contributed by atoms with E-state index in [1.807, 2.05) is 0 Å². The normalized spacial score (nSPS) is 16.7. The van der Waals surface area contributed by atoms with Crippen LogP contribution in [0.15, 0.2) is 29.2 Å². The summed E-state index contributed by atoms with van der Waals surface area (Å²) in [5, 5.41) is 3.23. The van der Waals surface area contributed by atoms with Crippen LogP contribution in [-0.2, 0) is 10.0 Å². The Morgan fingerprint density at radius 1 is 1.18 bits per heavy atom. The highest BCUT2D eigenvalue weighted by molar-refractivity contribution is 7.89. The van der Waals surface area contributed by atoms with Gasteiger partial charge >= 0.3 is 0 Å². The second-order valence-corrected chi connectivity index (χ2v) is 7.73. The van der Waals surface area contributed by atoms with Crippen molar-refractivity contribution in [1.82, 2.24) is 14.5 Å². The van der Waals surface area contributed by atoms with Crippen LogP contribution in [0.1, 0.15) is 23.2 Å². The lowest BCUT2D eigenvalue weighted by atomic mass is 10.1. The Bertz CT molecular complexity index is 637. The minimum Gasteiger partial charge on any atom is -0.345 e. The molecule has 1 N–H and O–H groups in total. The van der Waals surface area contributed by atoms with Crippen molar-refractivity contribution in [2.24, 2.45) is 0 Å². The van der Waals surface area contributed by atoms with E-state index in [4.69, 9.17) is 0 Å². The number of nitrogens with one attached hydrogen (secondary N) is 1. The zero-order chi connectivity index (χ0) is 16.3. The molecule has 1 aromatic rings. The van der Waals surface area contributed by atoms with Gasteiger partial charge in [-0.15, -0.1) is 0 Å². The molecule has 0 saturated carbocycles. The molecule has 7 heteroatoms. The Morgan fingerprint density at radius 2 is 1.82 bits per heavy atom. The number of benzene rings is 1. The smallest absolute Gasteiger partial charge is 0.253 e. The van der Waals surface area contributed by atoms with Crippen molar-refractivity contribution >= 4 is 15.9 Å². The van der Waals surface area contributed by atoms with Crippen molar-refractivity contribution in [3.05, 3.63) is 29.8 Å². The molecule has 0 bridgehead atoms. The van der Waals surface area contributed by atoms with Crippen LogP contribution in [0, 0.1) is 0 Å². The molecule has 22 heavy (non-hydrogen) atoms. The average molecular weight is 325 g/mol. The Hall–Kier alpha value is -1.44. The van der Waals surface area contributed by atoms with Gasteiger partial charge < -0.3 is 10.2 Å². The van der Waals surface area contributed by atoms with Crippen LogP contribution in [-0.4, -0.2) is 63.8 Å². The molecular formula is C15H23N3O3S. The molecule has 1 amide bonds. The lowest BCUT2D eigenvalue weighted by Gasteiger charge is -2.30. The van der Waals surface area contributed by atoms with Gasteiger partial charge in [-0.25, -0.2) is 8.42 Å².